The maximum Gasteiger partial charge on any atom is 0.335 e. The Hall–Kier alpha value is -1.66. The molecule has 0 spiro atoms. The van der Waals surface area contributed by atoms with Gasteiger partial charge in [-0.15, -0.1) is 0 Å². The van der Waals surface area contributed by atoms with Crippen LogP contribution in [0.3, 0.4) is 0 Å². The number of likely N-dealkylation sites (N-methyl/N-ethyl adjacent to an activating group) is 1. The second kappa shape index (κ2) is 8.19. The lowest BCUT2D eigenvalue weighted by Gasteiger charge is -2.64. The minimum atomic E-state index is -0.677. The molecule has 0 unspecified atom stereocenters. The number of fused-ring (bicyclic) bond motifs is 5. The van der Waals surface area contributed by atoms with E-state index in [1.54, 1.807) is 13.2 Å². The van der Waals surface area contributed by atoms with E-state index >= 15 is 0 Å². The van der Waals surface area contributed by atoms with Crippen LogP contribution in [0.1, 0.15) is 90.0 Å². The fourth-order valence-corrected chi connectivity index (χ4v) is 9.16. The van der Waals surface area contributed by atoms with Crippen molar-refractivity contribution in [1.29, 1.82) is 0 Å². The number of aliphatic hydroxyl groups is 1. The third kappa shape index (κ3) is 3.35. The molecule has 9 atom stereocenters. The van der Waals surface area contributed by atoms with Gasteiger partial charge in [-0.25, -0.2) is 4.79 Å². The van der Waals surface area contributed by atoms with Gasteiger partial charge in [0.15, 0.2) is 0 Å². The molecule has 0 aromatic carbocycles. The molecule has 1 aromatic heterocycles. The molecule has 0 saturated heterocycles. The van der Waals surface area contributed by atoms with E-state index in [1.807, 2.05) is 18.0 Å². The molecule has 1 amide bonds. The van der Waals surface area contributed by atoms with Crippen LogP contribution in [-0.4, -0.2) is 40.6 Å². The van der Waals surface area contributed by atoms with Crippen LogP contribution in [0, 0.1) is 28.6 Å². The van der Waals surface area contributed by atoms with Crippen LogP contribution in [0.4, 0.5) is 0 Å². The van der Waals surface area contributed by atoms with Crippen LogP contribution in [-0.2, 0) is 4.79 Å². The van der Waals surface area contributed by atoms with Crippen molar-refractivity contribution in [3.05, 3.63) is 34.4 Å². The Morgan fingerprint density at radius 3 is 2.56 bits per heavy atom. The van der Waals surface area contributed by atoms with Gasteiger partial charge >= 0.3 is 5.63 Å². The molecule has 4 saturated carbocycles. The van der Waals surface area contributed by atoms with Crippen molar-refractivity contribution in [3.63, 3.8) is 0 Å². The zero-order chi connectivity index (χ0) is 24.5. The summed E-state index contributed by atoms with van der Waals surface area (Å²) in [4.78, 5) is 25.9. The van der Waals surface area contributed by atoms with Gasteiger partial charge in [-0.3, -0.25) is 4.79 Å². The maximum atomic E-state index is 12.5. The van der Waals surface area contributed by atoms with Crippen molar-refractivity contribution in [2.24, 2.45) is 34.3 Å². The monoisotopic (exact) mass is 470 g/mol. The van der Waals surface area contributed by atoms with Crippen LogP contribution in [0.2, 0.25) is 0 Å². The van der Waals surface area contributed by atoms with Gasteiger partial charge in [-0.2, -0.15) is 0 Å². The van der Waals surface area contributed by atoms with Gasteiger partial charge in [0.2, 0.25) is 5.91 Å². The van der Waals surface area contributed by atoms with E-state index in [0.717, 1.165) is 63.4 Å². The third-order valence-corrected chi connectivity index (χ3v) is 11.2. The Bertz CT molecular complexity index is 986. The van der Waals surface area contributed by atoms with E-state index in [4.69, 9.17) is 10.2 Å². The van der Waals surface area contributed by atoms with Crippen LogP contribution >= 0.6 is 0 Å². The highest BCUT2D eigenvalue weighted by Gasteiger charge is 2.67. The molecule has 188 valence electrons. The first-order chi connectivity index (χ1) is 16.0. The van der Waals surface area contributed by atoms with Gasteiger partial charge in [0.05, 0.1) is 17.9 Å². The molecule has 4 aliphatic carbocycles. The Labute approximate surface area is 203 Å². The topological polar surface area (TPSA) is 96.8 Å². The Kier molecular flexibility index (Phi) is 5.80. The smallest absolute Gasteiger partial charge is 0.335 e. The first kappa shape index (κ1) is 24.1. The quantitative estimate of drug-likeness (QED) is 0.695. The Morgan fingerprint density at radius 1 is 1.12 bits per heavy atom. The molecule has 34 heavy (non-hydrogen) atoms. The highest BCUT2D eigenvalue weighted by molar-refractivity contribution is 5.81. The normalized spacial score (nSPS) is 44.5. The molecule has 0 radical (unpaired) electrons. The average molecular weight is 471 g/mol. The molecule has 4 aliphatic rings. The number of nitrogens with two attached hydrogens (primary N) is 1. The molecule has 0 bridgehead atoms. The van der Waals surface area contributed by atoms with E-state index < -0.39 is 11.6 Å². The summed E-state index contributed by atoms with van der Waals surface area (Å²) < 4.78 is 5.21. The molecule has 0 aliphatic heterocycles. The minimum absolute atomic E-state index is 0.0405. The third-order valence-electron chi connectivity index (χ3n) is 11.2. The first-order valence-corrected chi connectivity index (χ1v) is 13.3. The summed E-state index contributed by atoms with van der Waals surface area (Å²) in [5.74, 6) is 1.69. The zero-order valence-electron chi connectivity index (χ0n) is 21.3. The standard InChI is InChI=1S/C28H42N2O4/c1-17(29)25(32)30(4)20-9-12-26(2)19(15-20)6-7-23-22(26)10-13-27(3)21(11-14-28(23,27)33)18-5-8-24(31)34-16-18/h5,8,16-17,19-23,33H,6-7,9-15,29H2,1-4H3/t17-,19-,20+,21-,22+,23-,26+,27-,28+/m1/s1. The number of hydrogen-bond acceptors (Lipinski definition) is 5. The highest BCUT2D eigenvalue weighted by Crippen LogP contribution is 2.70. The molecule has 1 aromatic rings. The SMILES string of the molecule is C[C@@H](N)C(=O)N(C)[C@H]1CC[C@@]2(C)[C@H](CC[C@@H]3[C@@H]2CC[C@]2(C)[C@@H](c4ccc(=O)oc4)CC[C@]32O)C1. The van der Waals surface area contributed by atoms with Gasteiger partial charge in [0.25, 0.3) is 0 Å². The fraction of sp³-hybridized carbons (Fsp3) is 0.786. The van der Waals surface area contributed by atoms with Gasteiger partial charge in [0.1, 0.15) is 0 Å². The summed E-state index contributed by atoms with van der Waals surface area (Å²) in [5, 5.41) is 12.4. The highest BCUT2D eigenvalue weighted by atomic mass is 16.4. The number of nitrogens with zero attached hydrogens (tertiary/aromatic N) is 1. The van der Waals surface area contributed by atoms with Gasteiger partial charge in [0, 0.05) is 24.6 Å². The lowest BCUT2D eigenvalue weighted by molar-refractivity contribution is -0.203. The number of hydrogen-bond donors (Lipinski definition) is 2. The second-order valence-corrected chi connectivity index (χ2v) is 12.5. The number of carbonyl (C=O) groups is 1. The summed E-state index contributed by atoms with van der Waals surface area (Å²) in [6, 6.07) is 3.24. The summed E-state index contributed by atoms with van der Waals surface area (Å²) in [7, 11) is 1.92. The van der Waals surface area contributed by atoms with E-state index in [1.165, 1.54) is 6.07 Å². The van der Waals surface area contributed by atoms with Crippen LogP contribution in [0.15, 0.2) is 27.6 Å². The van der Waals surface area contributed by atoms with Gasteiger partial charge in [-0.05, 0) is 105 Å². The fourth-order valence-electron chi connectivity index (χ4n) is 9.16. The predicted molar refractivity (Wildman–Crippen MR) is 131 cm³/mol. The summed E-state index contributed by atoms with van der Waals surface area (Å²) in [6.07, 6.45) is 10.9. The van der Waals surface area contributed by atoms with Crippen LogP contribution < -0.4 is 11.4 Å². The average Bonchev–Trinajstić information content (AvgIpc) is 3.09. The lowest BCUT2D eigenvalue weighted by atomic mass is 9.43. The van der Waals surface area contributed by atoms with Crippen molar-refractivity contribution in [1.82, 2.24) is 4.90 Å². The molecule has 6 nitrogen and oxygen atoms in total. The van der Waals surface area contributed by atoms with Crippen LogP contribution in [0.5, 0.6) is 0 Å². The number of rotatable bonds is 3. The minimum Gasteiger partial charge on any atom is -0.431 e. The first-order valence-electron chi connectivity index (χ1n) is 13.3. The van der Waals surface area contributed by atoms with Gasteiger partial charge in [-0.1, -0.05) is 13.8 Å². The Morgan fingerprint density at radius 2 is 1.88 bits per heavy atom. The van der Waals surface area contributed by atoms with Gasteiger partial charge < -0.3 is 20.2 Å². The number of amides is 1. The molecule has 1 heterocycles. The molecular weight excluding hydrogens is 428 g/mol. The molecule has 5 rings (SSSR count). The number of carbonyl (C=O) groups excluding carboxylic acids is 1. The zero-order valence-corrected chi connectivity index (χ0v) is 21.3. The van der Waals surface area contributed by atoms with E-state index in [9.17, 15) is 14.7 Å². The van der Waals surface area contributed by atoms with Crippen LogP contribution in [0.25, 0.3) is 0 Å². The van der Waals surface area contributed by atoms with Crippen molar-refractivity contribution in [2.75, 3.05) is 7.05 Å². The Balaban J connectivity index is 1.38. The summed E-state index contributed by atoms with van der Waals surface area (Å²) in [6.45, 7) is 6.53. The summed E-state index contributed by atoms with van der Waals surface area (Å²) >= 11 is 0. The molecular formula is C28H42N2O4. The van der Waals surface area contributed by atoms with E-state index in [-0.39, 0.29) is 34.3 Å². The largest absolute Gasteiger partial charge is 0.431 e. The summed E-state index contributed by atoms with van der Waals surface area (Å²) in [5.41, 5.74) is 5.96. The van der Waals surface area contributed by atoms with Crippen molar-refractivity contribution >= 4 is 5.91 Å². The lowest BCUT2D eigenvalue weighted by Crippen LogP contribution is -2.62. The van der Waals surface area contributed by atoms with E-state index in [2.05, 4.69) is 13.8 Å². The second-order valence-electron chi connectivity index (χ2n) is 12.5. The van der Waals surface area contributed by atoms with Crippen molar-refractivity contribution in [3.8, 4) is 0 Å². The molecule has 6 heteroatoms. The molecule has 3 N–H and O–H groups in total. The van der Waals surface area contributed by atoms with Crippen molar-refractivity contribution < 1.29 is 14.3 Å². The molecule has 4 fully saturated rings. The maximum absolute atomic E-state index is 12.5. The predicted octanol–water partition coefficient (Wildman–Crippen LogP) is 4.06. The van der Waals surface area contributed by atoms with Crippen molar-refractivity contribution in [2.45, 2.75) is 102 Å². The van der Waals surface area contributed by atoms with E-state index in [0.29, 0.717) is 17.8 Å².